The molecular formula is C12H11BrN6O2. The minimum absolute atomic E-state index is 0.00424. The number of aryl methyl sites for hydroxylation is 1. The van der Waals surface area contributed by atoms with Gasteiger partial charge in [-0.15, -0.1) is 0 Å². The number of anilines is 1. The van der Waals surface area contributed by atoms with E-state index >= 15 is 0 Å². The van der Waals surface area contributed by atoms with Crippen molar-refractivity contribution in [1.29, 1.82) is 0 Å². The Bertz CT molecular complexity index is 819. The summed E-state index contributed by atoms with van der Waals surface area (Å²) >= 11 is 3.27. The van der Waals surface area contributed by atoms with Gasteiger partial charge < -0.3 is 15.6 Å². The fourth-order valence-corrected chi connectivity index (χ4v) is 2.31. The lowest BCUT2D eigenvalue weighted by Gasteiger charge is -2.11. The van der Waals surface area contributed by atoms with Crippen LogP contribution in [0.25, 0.3) is 10.9 Å². The monoisotopic (exact) mass is 350 g/mol. The molecular weight excluding hydrogens is 340 g/mol. The maximum atomic E-state index is 9.93. The van der Waals surface area contributed by atoms with E-state index in [9.17, 15) is 5.11 Å². The molecule has 2 aromatic heterocycles. The quantitative estimate of drug-likeness (QED) is 0.733. The van der Waals surface area contributed by atoms with Crippen LogP contribution in [0.2, 0.25) is 0 Å². The third kappa shape index (κ3) is 2.47. The molecule has 21 heavy (non-hydrogen) atoms. The van der Waals surface area contributed by atoms with Crippen LogP contribution in [0.1, 0.15) is 5.82 Å². The number of fused-ring (bicyclic) bond motifs is 1. The van der Waals surface area contributed by atoms with Crippen molar-refractivity contribution >= 4 is 32.7 Å². The van der Waals surface area contributed by atoms with E-state index in [4.69, 9.17) is 10.5 Å². The van der Waals surface area contributed by atoms with Crippen LogP contribution in [0.4, 0.5) is 5.82 Å². The van der Waals surface area contributed by atoms with Gasteiger partial charge in [-0.05, 0) is 15.9 Å². The van der Waals surface area contributed by atoms with Gasteiger partial charge in [-0.3, -0.25) is 4.68 Å². The second kappa shape index (κ2) is 5.17. The average molecular weight is 351 g/mol. The summed E-state index contributed by atoms with van der Waals surface area (Å²) < 4.78 is 7.67. The molecule has 2 heterocycles. The summed E-state index contributed by atoms with van der Waals surface area (Å²) in [4.78, 5) is 12.1. The standard InChI is InChI=1S/C12H11BrN6O2/c1-19-5-17-8(18-19)3-21-7-2-6(20)10(13)11-9(7)12(14)16-4-15-11/h2,4-5,20H,3H2,1H3,(H2,14,15,16). The number of phenolic OH excluding ortho intramolecular Hbond substituents is 1. The summed E-state index contributed by atoms with van der Waals surface area (Å²) in [5, 5.41) is 14.6. The predicted octanol–water partition coefficient (Wildman–Crippen LogP) is 1.39. The van der Waals surface area contributed by atoms with Crippen LogP contribution in [0, 0.1) is 0 Å². The van der Waals surface area contributed by atoms with E-state index in [0.29, 0.717) is 26.9 Å². The number of aromatic hydroxyl groups is 1. The fraction of sp³-hybridized carbons (Fsp3) is 0.167. The van der Waals surface area contributed by atoms with Gasteiger partial charge in [0.15, 0.2) is 5.82 Å². The number of hydrogen-bond acceptors (Lipinski definition) is 7. The second-order valence-electron chi connectivity index (χ2n) is 4.31. The first-order chi connectivity index (χ1) is 10.1. The minimum Gasteiger partial charge on any atom is -0.507 e. The van der Waals surface area contributed by atoms with Gasteiger partial charge in [0.05, 0.1) is 15.4 Å². The first kappa shape index (κ1) is 13.6. The molecule has 0 bridgehead atoms. The Kier molecular flexibility index (Phi) is 3.34. The zero-order valence-corrected chi connectivity index (χ0v) is 12.6. The minimum atomic E-state index is 0.00424. The summed E-state index contributed by atoms with van der Waals surface area (Å²) in [7, 11) is 1.77. The van der Waals surface area contributed by atoms with Crippen LogP contribution in [0.15, 0.2) is 23.2 Å². The third-order valence-electron chi connectivity index (χ3n) is 2.83. The van der Waals surface area contributed by atoms with Crippen LogP contribution in [-0.4, -0.2) is 29.8 Å². The number of rotatable bonds is 3. The number of nitrogens with zero attached hydrogens (tertiary/aromatic N) is 5. The summed E-state index contributed by atoms with van der Waals surface area (Å²) in [6.07, 6.45) is 2.90. The average Bonchev–Trinajstić information content (AvgIpc) is 2.87. The van der Waals surface area contributed by atoms with Crippen LogP contribution >= 0.6 is 15.9 Å². The molecule has 0 aliphatic heterocycles. The van der Waals surface area contributed by atoms with Crippen molar-refractivity contribution in [3.8, 4) is 11.5 Å². The molecule has 9 heteroatoms. The Labute approximate surface area is 127 Å². The van der Waals surface area contributed by atoms with Gasteiger partial charge in [-0.1, -0.05) is 0 Å². The maximum Gasteiger partial charge on any atom is 0.188 e. The molecule has 0 spiro atoms. The Morgan fingerprint density at radius 1 is 1.38 bits per heavy atom. The Hall–Kier alpha value is -2.42. The largest absolute Gasteiger partial charge is 0.507 e. The molecule has 0 amide bonds. The number of aromatic nitrogens is 5. The molecule has 0 aliphatic rings. The molecule has 0 aliphatic carbocycles. The normalized spacial score (nSPS) is 11.0. The molecule has 0 radical (unpaired) electrons. The van der Waals surface area contributed by atoms with E-state index in [2.05, 4.69) is 36.0 Å². The van der Waals surface area contributed by atoms with Gasteiger partial charge in [0.2, 0.25) is 0 Å². The van der Waals surface area contributed by atoms with Gasteiger partial charge >= 0.3 is 0 Å². The summed E-state index contributed by atoms with van der Waals surface area (Å²) in [5.41, 5.74) is 6.36. The zero-order valence-electron chi connectivity index (χ0n) is 11.0. The van der Waals surface area contributed by atoms with Gasteiger partial charge in [-0.2, -0.15) is 5.10 Å². The van der Waals surface area contributed by atoms with E-state index in [1.807, 2.05) is 0 Å². The molecule has 0 saturated heterocycles. The van der Waals surface area contributed by atoms with E-state index in [-0.39, 0.29) is 18.2 Å². The number of ether oxygens (including phenoxy) is 1. The summed E-state index contributed by atoms with van der Waals surface area (Å²) in [6.45, 7) is 0.144. The van der Waals surface area contributed by atoms with Crippen molar-refractivity contribution in [3.05, 3.63) is 29.0 Å². The number of phenols is 1. The maximum absolute atomic E-state index is 9.93. The lowest BCUT2D eigenvalue weighted by atomic mass is 10.2. The number of nitrogens with two attached hydrogens (primary N) is 1. The van der Waals surface area contributed by atoms with Crippen molar-refractivity contribution in [2.45, 2.75) is 6.61 Å². The molecule has 3 rings (SSSR count). The van der Waals surface area contributed by atoms with Crippen LogP contribution in [0.5, 0.6) is 11.5 Å². The van der Waals surface area contributed by atoms with Gasteiger partial charge in [0, 0.05) is 13.1 Å². The lowest BCUT2D eigenvalue weighted by Crippen LogP contribution is -2.02. The topological polar surface area (TPSA) is 112 Å². The van der Waals surface area contributed by atoms with E-state index < -0.39 is 0 Å². The van der Waals surface area contributed by atoms with Gasteiger partial charge in [-0.25, -0.2) is 15.0 Å². The van der Waals surface area contributed by atoms with Crippen molar-refractivity contribution in [2.24, 2.45) is 7.05 Å². The summed E-state index contributed by atoms with van der Waals surface area (Å²) in [6, 6.07) is 1.45. The van der Waals surface area contributed by atoms with Gasteiger partial charge in [0.1, 0.15) is 36.6 Å². The highest BCUT2D eigenvalue weighted by Gasteiger charge is 2.15. The first-order valence-electron chi connectivity index (χ1n) is 5.95. The van der Waals surface area contributed by atoms with Crippen LogP contribution in [-0.2, 0) is 13.7 Å². The number of nitrogen functional groups attached to an aromatic ring is 1. The van der Waals surface area contributed by atoms with Gasteiger partial charge in [0.25, 0.3) is 0 Å². The number of benzene rings is 1. The SMILES string of the molecule is Cn1cnc(COc2cc(O)c(Br)c3ncnc(N)c23)n1. The van der Waals surface area contributed by atoms with E-state index in [0.717, 1.165) is 0 Å². The fourth-order valence-electron chi connectivity index (χ4n) is 1.90. The van der Waals surface area contributed by atoms with Crippen LogP contribution < -0.4 is 10.5 Å². The second-order valence-corrected chi connectivity index (χ2v) is 5.11. The molecule has 1 aromatic carbocycles. The van der Waals surface area contributed by atoms with Crippen molar-refractivity contribution in [1.82, 2.24) is 24.7 Å². The molecule has 0 unspecified atom stereocenters. The van der Waals surface area contributed by atoms with Crippen molar-refractivity contribution in [3.63, 3.8) is 0 Å². The smallest absolute Gasteiger partial charge is 0.188 e. The lowest BCUT2D eigenvalue weighted by molar-refractivity contribution is 0.297. The van der Waals surface area contributed by atoms with Crippen molar-refractivity contribution in [2.75, 3.05) is 5.73 Å². The molecule has 0 fully saturated rings. The molecule has 3 N–H and O–H groups in total. The van der Waals surface area contributed by atoms with Crippen LogP contribution in [0.3, 0.4) is 0 Å². The molecule has 0 saturated carbocycles. The highest BCUT2D eigenvalue weighted by Crippen LogP contribution is 2.39. The highest BCUT2D eigenvalue weighted by atomic mass is 79.9. The third-order valence-corrected chi connectivity index (χ3v) is 3.61. The predicted molar refractivity (Wildman–Crippen MR) is 78.7 cm³/mol. The summed E-state index contributed by atoms with van der Waals surface area (Å²) in [5.74, 6) is 1.16. The molecule has 8 nitrogen and oxygen atoms in total. The van der Waals surface area contributed by atoms with E-state index in [1.165, 1.54) is 12.4 Å². The first-order valence-corrected chi connectivity index (χ1v) is 6.74. The zero-order chi connectivity index (χ0) is 15.0. The number of hydrogen-bond donors (Lipinski definition) is 2. The molecule has 3 aromatic rings. The Morgan fingerprint density at radius 3 is 2.90 bits per heavy atom. The Balaban J connectivity index is 2.03. The Morgan fingerprint density at radius 2 is 2.19 bits per heavy atom. The molecule has 108 valence electrons. The number of halogens is 1. The molecule has 0 atom stereocenters. The van der Waals surface area contributed by atoms with E-state index in [1.54, 1.807) is 18.1 Å². The highest BCUT2D eigenvalue weighted by molar-refractivity contribution is 9.10. The van der Waals surface area contributed by atoms with Crippen molar-refractivity contribution < 1.29 is 9.84 Å².